The quantitative estimate of drug-likeness (QED) is 0.631. The number of rotatable bonds is 3. The molecule has 0 atom stereocenters. The Hall–Kier alpha value is -2.18. The third-order valence-electron chi connectivity index (χ3n) is 5.04. The Morgan fingerprint density at radius 2 is 1.85 bits per heavy atom. The highest BCUT2D eigenvalue weighted by Crippen LogP contribution is 2.31. The summed E-state index contributed by atoms with van der Waals surface area (Å²) in [4.78, 5) is 21.7. The number of carbonyl (C=O) groups excluding carboxylic acids is 1. The summed E-state index contributed by atoms with van der Waals surface area (Å²) in [6.45, 7) is 8.77. The van der Waals surface area contributed by atoms with E-state index in [1.54, 1.807) is 0 Å². The van der Waals surface area contributed by atoms with Crippen molar-refractivity contribution in [2.24, 2.45) is 0 Å². The molecule has 2 aromatic heterocycles. The van der Waals surface area contributed by atoms with E-state index in [4.69, 9.17) is 0 Å². The van der Waals surface area contributed by atoms with Gasteiger partial charge in [-0.3, -0.25) is 4.79 Å². The molecule has 27 heavy (non-hydrogen) atoms. The molecule has 5 nitrogen and oxygen atoms in total. The number of piperidine rings is 1. The molecule has 4 rings (SSSR count). The molecule has 0 aliphatic carbocycles. The number of H-pyrrole nitrogens is 1. The Morgan fingerprint density at radius 3 is 2.56 bits per heavy atom. The van der Waals surface area contributed by atoms with Crippen LogP contribution < -0.4 is 10.6 Å². The van der Waals surface area contributed by atoms with E-state index in [0.717, 1.165) is 35.3 Å². The number of aromatic amines is 1. The summed E-state index contributed by atoms with van der Waals surface area (Å²) in [6.07, 6.45) is 1.82. The van der Waals surface area contributed by atoms with Gasteiger partial charge in [0.25, 0.3) is 5.91 Å². The number of hydrogen-bond acceptors (Lipinski definition) is 4. The number of amides is 1. The van der Waals surface area contributed by atoms with Gasteiger partial charge >= 0.3 is 0 Å². The van der Waals surface area contributed by atoms with Gasteiger partial charge in [0, 0.05) is 22.7 Å². The number of hydrogen-bond donors (Lipinski definition) is 3. The SMILES string of the molecule is CC1(C)CC(NC(=O)c2sccc2-c2nc3ccccc3[nH]2)CC(C)(C)N1. The van der Waals surface area contributed by atoms with Crippen molar-refractivity contribution in [1.29, 1.82) is 0 Å². The van der Waals surface area contributed by atoms with Crippen molar-refractivity contribution in [2.45, 2.75) is 57.7 Å². The number of carbonyl (C=O) groups is 1. The summed E-state index contributed by atoms with van der Waals surface area (Å²) in [5, 5.41) is 8.88. The van der Waals surface area contributed by atoms with Crippen molar-refractivity contribution >= 4 is 28.3 Å². The Balaban J connectivity index is 1.58. The fourth-order valence-corrected chi connectivity index (χ4v) is 5.23. The molecule has 3 N–H and O–H groups in total. The van der Waals surface area contributed by atoms with E-state index in [1.165, 1.54) is 11.3 Å². The first-order valence-electron chi connectivity index (χ1n) is 9.35. The number of benzene rings is 1. The Bertz CT molecular complexity index is 936. The normalized spacial score (nSPS) is 19.3. The largest absolute Gasteiger partial charge is 0.348 e. The van der Waals surface area contributed by atoms with E-state index in [9.17, 15) is 4.79 Å². The molecule has 0 bridgehead atoms. The minimum absolute atomic E-state index is 0.00326. The van der Waals surface area contributed by atoms with E-state index >= 15 is 0 Å². The Morgan fingerprint density at radius 1 is 1.15 bits per heavy atom. The highest BCUT2D eigenvalue weighted by atomic mass is 32.1. The summed E-state index contributed by atoms with van der Waals surface area (Å²) in [6, 6.07) is 10.0. The van der Waals surface area contributed by atoms with Gasteiger partial charge in [-0.1, -0.05) is 12.1 Å². The zero-order chi connectivity index (χ0) is 19.2. The standard InChI is InChI=1S/C21H26N4OS/c1-20(2)11-13(12-21(3,4)25-20)22-19(26)17-14(9-10-27-17)18-23-15-7-5-6-8-16(15)24-18/h5-10,13,25H,11-12H2,1-4H3,(H,22,26)(H,23,24). The zero-order valence-electron chi connectivity index (χ0n) is 16.2. The lowest BCUT2D eigenvalue weighted by Crippen LogP contribution is -2.62. The number of imidazole rings is 1. The fourth-order valence-electron chi connectivity index (χ4n) is 4.43. The van der Waals surface area contributed by atoms with Crippen molar-refractivity contribution in [3.63, 3.8) is 0 Å². The van der Waals surface area contributed by atoms with Crippen LogP contribution in [0.2, 0.25) is 0 Å². The molecule has 0 saturated carbocycles. The zero-order valence-corrected chi connectivity index (χ0v) is 17.0. The minimum Gasteiger partial charge on any atom is -0.348 e. The predicted octanol–water partition coefficient (Wildman–Crippen LogP) is 4.33. The van der Waals surface area contributed by atoms with Gasteiger partial charge in [0.05, 0.1) is 11.0 Å². The summed E-state index contributed by atoms with van der Waals surface area (Å²) >= 11 is 1.46. The molecule has 3 aromatic rings. The van der Waals surface area contributed by atoms with E-state index in [-0.39, 0.29) is 23.0 Å². The van der Waals surface area contributed by atoms with Crippen molar-refractivity contribution in [3.05, 3.63) is 40.6 Å². The van der Waals surface area contributed by atoms with Gasteiger partial charge in [-0.15, -0.1) is 11.3 Å². The first-order valence-corrected chi connectivity index (χ1v) is 10.2. The number of fused-ring (bicyclic) bond motifs is 1. The molecule has 1 aromatic carbocycles. The molecule has 1 amide bonds. The molecule has 142 valence electrons. The predicted molar refractivity (Wildman–Crippen MR) is 111 cm³/mol. The summed E-state index contributed by atoms with van der Waals surface area (Å²) in [7, 11) is 0. The molecule has 0 spiro atoms. The highest BCUT2D eigenvalue weighted by Gasteiger charge is 2.38. The van der Waals surface area contributed by atoms with Crippen LogP contribution in [0.4, 0.5) is 0 Å². The average Bonchev–Trinajstić information content (AvgIpc) is 3.18. The molecule has 1 aliphatic heterocycles. The Labute approximate surface area is 163 Å². The van der Waals surface area contributed by atoms with Crippen LogP contribution in [-0.2, 0) is 0 Å². The number of para-hydroxylation sites is 2. The molecular weight excluding hydrogens is 356 g/mol. The van der Waals surface area contributed by atoms with E-state index < -0.39 is 0 Å². The monoisotopic (exact) mass is 382 g/mol. The van der Waals surface area contributed by atoms with E-state index in [0.29, 0.717) is 4.88 Å². The van der Waals surface area contributed by atoms with Crippen LogP contribution in [0, 0.1) is 0 Å². The maximum absolute atomic E-state index is 13.0. The van der Waals surface area contributed by atoms with Crippen LogP contribution in [0.5, 0.6) is 0 Å². The molecule has 3 heterocycles. The second-order valence-corrected chi connectivity index (χ2v) is 9.65. The lowest BCUT2D eigenvalue weighted by atomic mass is 9.79. The van der Waals surface area contributed by atoms with E-state index in [2.05, 4.69) is 48.3 Å². The molecule has 1 saturated heterocycles. The first-order chi connectivity index (χ1) is 12.7. The molecule has 1 aliphatic rings. The number of thiophene rings is 1. The fraction of sp³-hybridized carbons (Fsp3) is 0.429. The topological polar surface area (TPSA) is 69.8 Å². The molecule has 6 heteroatoms. The molecule has 1 fully saturated rings. The number of nitrogens with zero attached hydrogens (tertiary/aromatic N) is 1. The number of nitrogens with one attached hydrogen (secondary N) is 3. The van der Waals surface area contributed by atoms with Crippen molar-refractivity contribution < 1.29 is 4.79 Å². The summed E-state index contributed by atoms with van der Waals surface area (Å²) < 4.78 is 0. The lowest BCUT2D eigenvalue weighted by molar-refractivity contribution is 0.0877. The van der Waals surface area contributed by atoms with Crippen molar-refractivity contribution in [1.82, 2.24) is 20.6 Å². The second-order valence-electron chi connectivity index (χ2n) is 8.74. The van der Waals surface area contributed by atoms with Crippen LogP contribution >= 0.6 is 11.3 Å². The highest BCUT2D eigenvalue weighted by molar-refractivity contribution is 7.12. The second kappa shape index (κ2) is 6.46. The molecule has 0 unspecified atom stereocenters. The van der Waals surface area contributed by atoms with E-state index in [1.807, 2.05) is 35.7 Å². The minimum atomic E-state index is -0.0149. The number of aromatic nitrogens is 2. The van der Waals surface area contributed by atoms with Crippen LogP contribution in [0.3, 0.4) is 0 Å². The third-order valence-corrected chi connectivity index (χ3v) is 5.95. The van der Waals surface area contributed by atoms with Gasteiger partial charge in [-0.25, -0.2) is 4.98 Å². The van der Waals surface area contributed by atoms with Gasteiger partial charge in [-0.2, -0.15) is 0 Å². The van der Waals surface area contributed by atoms with Gasteiger partial charge in [0.15, 0.2) is 0 Å². The van der Waals surface area contributed by atoms with Gasteiger partial charge in [0.1, 0.15) is 10.7 Å². The summed E-state index contributed by atoms with van der Waals surface area (Å²) in [5.74, 6) is 0.729. The third kappa shape index (κ3) is 3.77. The summed E-state index contributed by atoms with van der Waals surface area (Å²) in [5.41, 5.74) is 2.74. The van der Waals surface area contributed by atoms with Crippen LogP contribution in [0.15, 0.2) is 35.7 Å². The first kappa shape index (κ1) is 18.2. The average molecular weight is 383 g/mol. The van der Waals surface area contributed by atoms with Crippen molar-refractivity contribution in [3.8, 4) is 11.4 Å². The van der Waals surface area contributed by atoms with Gasteiger partial charge in [-0.05, 0) is 64.1 Å². The van der Waals surface area contributed by atoms with Crippen LogP contribution in [-0.4, -0.2) is 33.0 Å². The van der Waals surface area contributed by atoms with Crippen LogP contribution in [0.25, 0.3) is 22.4 Å². The maximum Gasteiger partial charge on any atom is 0.262 e. The van der Waals surface area contributed by atoms with Gasteiger partial charge < -0.3 is 15.6 Å². The molecule has 0 radical (unpaired) electrons. The smallest absolute Gasteiger partial charge is 0.262 e. The lowest BCUT2D eigenvalue weighted by Gasteiger charge is -2.46. The Kier molecular flexibility index (Phi) is 4.35. The van der Waals surface area contributed by atoms with Gasteiger partial charge in [0.2, 0.25) is 0 Å². The molecular formula is C21H26N4OS. The maximum atomic E-state index is 13.0. The van der Waals surface area contributed by atoms with Crippen molar-refractivity contribution in [2.75, 3.05) is 0 Å². The van der Waals surface area contributed by atoms with Crippen LogP contribution in [0.1, 0.15) is 50.2 Å².